The Labute approximate surface area is 102 Å². The monoisotopic (exact) mass is 236 g/mol. The minimum absolute atomic E-state index is 0.716. The molecular weight excluding hydrogens is 220 g/mol. The molecule has 86 valence electrons. The number of nitrogens with one attached hydrogen (secondary N) is 1. The highest BCUT2D eigenvalue weighted by Gasteiger charge is 1.99. The number of benzene rings is 1. The molecule has 1 N–H and O–H groups in total. The number of hydrogen-bond acceptors (Lipinski definition) is 2. The van der Waals surface area contributed by atoms with Crippen molar-refractivity contribution in [2.45, 2.75) is 20.3 Å². The minimum atomic E-state index is 0.716. The van der Waals surface area contributed by atoms with Gasteiger partial charge in [0.1, 0.15) is 0 Å². The molecule has 0 aliphatic carbocycles. The first-order chi connectivity index (χ1) is 7.72. The molecule has 0 aliphatic heterocycles. The van der Waals surface area contributed by atoms with E-state index in [1.165, 1.54) is 6.42 Å². The van der Waals surface area contributed by atoms with Crippen molar-refractivity contribution in [3.8, 4) is 0 Å². The summed E-state index contributed by atoms with van der Waals surface area (Å²) in [7, 11) is 1.89. The van der Waals surface area contributed by atoms with E-state index in [2.05, 4.69) is 24.1 Å². The average Bonchev–Trinajstić information content (AvgIpc) is 2.28. The normalized spacial score (nSPS) is 9.50. The van der Waals surface area contributed by atoms with Gasteiger partial charge in [-0.15, -0.1) is 0 Å². The van der Waals surface area contributed by atoms with Gasteiger partial charge in [-0.2, -0.15) is 0 Å². The molecule has 1 aromatic heterocycles. The third-order valence-electron chi connectivity index (χ3n) is 1.97. The standard InChI is InChI=1S/C10H9ClN2.C3H8/c1-12-9-4-5-13-10-6-7(11)2-3-8(9)10;1-3-2/h2-6H,1H3,(H,12,13);3H2,1-2H3. The summed E-state index contributed by atoms with van der Waals surface area (Å²) >= 11 is 5.85. The smallest absolute Gasteiger partial charge is 0.0737 e. The van der Waals surface area contributed by atoms with Crippen LogP contribution in [0, 0.1) is 0 Å². The summed E-state index contributed by atoms with van der Waals surface area (Å²) in [5.41, 5.74) is 1.99. The maximum absolute atomic E-state index is 5.85. The Morgan fingerprint density at radius 1 is 1.25 bits per heavy atom. The van der Waals surface area contributed by atoms with Crippen LogP contribution in [0.4, 0.5) is 5.69 Å². The van der Waals surface area contributed by atoms with Crippen molar-refractivity contribution in [3.05, 3.63) is 35.5 Å². The molecule has 1 heterocycles. The number of halogens is 1. The molecule has 0 saturated heterocycles. The van der Waals surface area contributed by atoms with E-state index in [4.69, 9.17) is 11.6 Å². The van der Waals surface area contributed by atoms with Gasteiger partial charge in [0.2, 0.25) is 0 Å². The van der Waals surface area contributed by atoms with Crippen LogP contribution in [0.1, 0.15) is 20.3 Å². The van der Waals surface area contributed by atoms with Crippen LogP contribution in [0.5, 0.6) is 0 Å². The van der Waals surface area contributed by atoms with Gasteiger partial charge in [-0.3, -0.25) is 4.98 Å². The lowest BCUT2D eigenvalue weighted by Gasteiger charge is -2.04. The summed E-state index contributed by atoms with van der Waals surface area (Å²) in [6.07, 6.45) is 3.02. The molecule has 0 saturated carbocycles. The molecule has 0 radical (unpaired) electrons. The summed E-state index contributed by atoms with van der Waals surface area (Å²) in [4.78, 5) is 4.23. The fourth-order valence-electron chi connectivity index (χ4n) is 1.34. The largest absolute Gasteiger partial charge is 0.388 e. The third-order valence-corrected chi connectivity index (χ3v) is 2.21. The van der Waals surface area contributed by atoms with Crippen molar-refractivity contribution in [1.82, 2.24) is 4.98 Å². The van der Waals surface area contributed by atoms with E-state index < -0.39 is 0 Å². The number of rotatable bonds is 1. The topological polar surface area (TPSA) is 24.9 Å². The zero-order valence-electron chi connectivity index (χ0n) is 9.92. The van der Waals surface area contributed by atoms with Gasteiger partial charge in [-0.1, -0.05) is 31.9 Å². The number of hydrogen-bond donors (Lipinski definition) is 1. The van der Waals surface area contributed by atoms with Gasteiger partial charge < -0.3 is 5.32 Å². The minimum Gasteiger partial charge on any atom is -0.388 e. The van der Waals surface area contributed by atoms with Crippen molar-refractivity contribution in [2.75, 3.05) is 12.4 Å². The summed E-state index contributed by atoms with van der Waals surface area (Å²) in [6.45, 7) is 4.25. The Balaban J connectivity index is 0.000000386. The molecule has 1 aromatic carbocycles. The maximum Gasteiger partial charge on any atom is 0.0737 e. The van der Waals surface area contributed by atoms with E-state index in [1.54, 1.807) is 6.20 Å². The van der Waals surface area contributed by atoms with Crippen LogP contribution in [0.25, 0.3) is 10.9 Å². The lowest BCUT2D eigenvalue weighted by Crippen LogP contribution is -1.90. The highest BCUT2D eigenvalue weighted by molar-refractivity contribution is 6.31. The Bertz CT molecular complexity index is 455. The first-order valence-corrected chi connectivity index (χ1v) is 5.82. The molecule has 2 rings (SSSR count). The van der Waals surface area contributed by atoms with Crippen LogP contribution in [-0.2, 0) is 0 Å². The molecule has 3 heteroatoms. The molecule has 0 unspecified atom stereocenters. The molecule has 0 bridgehead atoms. The Kier molecular flexibility index (Phi) is 5.06. The molecular formula is C13H17ClN2. The number of aromatic nitrogens is 1. The van der Waals surface area contributed by atoms with E-state index in [0.29, 0.717) is 5.02 Å². The van der Waals surface area contributed by atoms with Gasteiger partial charge in [-0.05, 0) is 24.3 Å². The molecule has 0 atom stereocenters. The number of anilines is 1. The van der Waals surface area contributed by atoms with E-state index in [1.807, 2.05) is 31.3 Å². The van der Waals surface area contributed by atoms with Crippen LogP contribution in [0.15, 0.2) is 30.5 Å². The summed E-state index contributed by atoms with van der Waals surface area (Å²) < 4.78 is 0. The van der Waals surface area contributed by atoms with Crippen molar-refractivity contribution in [1.29, 1.82) is 0 Å². The molecule has 2 nitrogen and oxygen atoms in total. The second-order valence-electron chi connectivity index (χ2n) is 3.48. The third kappa shape index (κ3) is 3.11. The SMILES string of the molecule is CCC.CNc1ccnc2cc(Cl)ccc12. The molecule has 16 heavy (non-hydrogen) atoms. The maximum atomic E-state index is 5.85. The van der Waals surface area contributed by atoms with Crippen molar-refractivity contribution in [2.24, 2.45) is 0 Å². The van der Waals surface area contributed by atoms with Gasteiger partial charge in [0.25, 0.3) is 0 Å². The fourth-order valence-corrected chi connectivity index (χ4v) is 1.51. The number of fused-ring (bicyclic) bond motifs is 1. The van der Waals surface area contributed by atoms with Crippen LogP contribution in [0.2, 0.25) is 5.02 Å². The quantitative estimate of drug-likeness (QED) is 0.797. The zero-order valence-corrected chi connectivity index (χ0v) is 10.7. The summed E-state index contributed by atoms with van der Waals surface area (Å²) in [5, 5.41) is 4.91. The Morgan fingerprint density at radius 3 is 2.56 bits per heavy atom. The second-order valence-corrected chi connectivity index (χ2v) is 3.91. The van der Waals surface area contributed by atoms with Crippen molar-refractivity contribution >= 4 is 28.2 Å². The average molecular weight is 237 g/mol. The Morgan fingerprint density at radius 2 is 1.94 bits per heavy atom. The molecule has 0 aliphatic rings. The van der Waals surface area contributed by atoms with Crippen LogP contribution >= 0.6 is 11.6 Å². The first kappa shape index (κ1) is 12.8. The predicted octanol–water partition coefficient (Wildman–Crippen LogP) is 4.35. The summed E-state index contributed by atoms with van der Waals surface area (Å²) in [6, 6.07) is 7.64. The molecule has 0 fully saturated rings. The Hall–Kier alpha value is -1.28. The van der Waals surface area contributed by atoms with Gasteiger partial charge in [0.15, 0.2) is 0 Å². The van der Waals surface area contributed by atoms with Gasteiger partial charge in [0, 0.05) is 29.3 Å². The van der Waals surface area contributed by atoms with Crippen LogP contribution in [0.3, 0.4) is 0 Å². The fraction of sp³-hybridized carbons (Fsp3) is 0.308. The van der Waals surface area contributed by atoms with Gasteiger partial charge >= 0.3 is 0 Å². The molecule has 0 amide bonds. The first-order valence-electron chi connectivity index (χ1n) is 5.45. The zero-order chi connectivity index (χ0) is 12.0. The predicted molar refractivity (Wildman–Crippen MR) is 72.3 cm³/mol. The van der Waals surface area contributed by atoms with E-state index in [-0.39, 0.29) is 0 Å². The van der Waals surface area contributed by atoms with Gasteiger partial charge in [-0.25, -0.2) is 0 Å². The lowest BCUT2D eigenvalue weighted by atomic mass is 10.2. The highest BCUT2D eigenvalue weighted by atomic mass is 35.5. The van der Waals surface area contributed by atoms with Crippen molar-refractivity contribution < 1.29 is 0 Å². The van der Waals surface area contributed by atoms with Gasteiger partial charge in [0.05, 0.1) is 5.52 Å². The second kappa shape index (κ2) is 6.33. The number of pyridine rings is 1. The number of nitrogens with zero attached hydrogens (tertiary/aromatic N) is 1. The molecule has 0 spiro atoms. The van der Waals surface area contributed by atoms with E-state index in [9.17, 15) is 0 Å². The van der Waals surface area contributed by atoms with Crippen molar-refractivity contribution in [3.63, 3.8) is 0 Å². The van der Waals surface area contributed by atoms with E-state index >= 15 is 0 Å². The van der Waals surface area contributed by atoms with Crippen LogP contribution in [-0.4, -0.2) is 12.0 Å². The molecule has 2 aromatic rings. The lowest BCUT2D eigenvalue weighted by molar-refractivity contribution is 1.09. The summed E-state index contributed by atoms with van der Waals surface area (Å²) in [5.74, 6) is 0. The van der Waals surface area contributed by atoms with E-state index in [0.717, 1.165) is 16.6 Å². The highest BCUT2D eigenvalue weighted by Crippen LogP contribution is 2.23. The van der Waals surface area contributed by atoms with Crippen LogP contribution < -0.4 is 5.32 Å².